The normalized spacial score (nSPS) is 13.6. The van der Waals surface area contributed by atoms with E-state index in [1.54, 1.807) is 0 Å². The van der Waals surface area contributed by atoms with Crippen molar-refractivity contribution in [2.45, 2.75) is 39.5 Å². The molecule has 69 valence electrons. The summed E-state index contributed by atoms with van der Waals surface area (Å²) in [6, 6.07) is 0. The Balaban J connectivity index is 3.42. The van der Waals surface area contributed by atoms with Crippen LogP contribution in [0.1, 0.15) is 39.5 Å². The Morgan fingerprint density at radius 3 is 2.58 bits per heavy atom. The molecule has 0 saturated carbocycles. The van der Waals surface area contributed by atoms with Crippen LogP contribution >= 0.6 is 0 Å². The standard InChI is InChI=1S/C12H21/c1-5-11(3)9-7-8-10-12(4)6-2/h7,9,11H,3-6,8,10H2,1-2H3. The Labute approximate surface area is 77.4 Å². The Morgan fingerprint density at radius 1 is 1.42 bits per heavy atom. The van der Waals surface area contributed by atoms with Gasteiger partial charge in [-0.1, -0.05) is 38.2 Å². The van der Waals surface area contributed by atoms with Crippen molar-refractivity contribution in [2.24, 2.45) is 5.92 Å². The van der Waals surface area contributed by atoms with Crippen LogP contribution in [0.5, 0.6) is 0 Å². The van der Waals surface area contributed by atoms with Gasteiger partial charge >= 0.3 is 0 Å². The molecule has 0 bridgehead atoms. The van der Waals surface area contributed by atoms with Crippen molar-refractivity contribution in [3.8, 4) is 0 Å². The molecule has 0 aliphatic carbocycles. The highest BCUT2D eigenvalue weighted by Gasteiger charge is 1.91. The molecule has 0 N–H and O–H groups in total. The Kier molecular flexibility index (Phi) is 6.84. The zero-order chi connectivity index (χ0) is 9.40. The van der Waals surface area contributed by atoms with E-state index in [9.17, 15) is 0 Å². The Hall–Kier alpha value is -0.520. The van der Waals surface area contributed by atoms with Crippen molar-refractivity contribution in [1.29, 1.82) is 0 Å². The molecule has 0 aromatic heterocycles. The van der Waals surface area contributed by atoms with Gasteiger partial charge in [0, 0.05) is 0 Å². The molecule has 0 heterocycles. The monoisotopic (exact) mass is 165 g/mol. The molecule has 1 unspecified atom stereocenters. The SMILES string of the molecule is [CH2]C(C=CCCC(=C)CC)CC. The minimum Gasteiger partial charge on any atom is -0.0999 e. The third-order valence-corrected chi connectivity index (χ3v) is 2.10. The number of hydrogen-bond acceptors (Lipinski definition) is 0. The Bertz CT molecular complexity index is 142. The Morgan fingerprint density at radius 2 is 2.08 bits per heavy atom. The first-order chi connectivity index (χ1) is 5.70. The fraction of sp³-hybridized carbons (Fsp3) is 0.583. The molecule has 0 spiro atoms. The highest BCUT2D eigenvalue weighted by atomic mass is 14.0. The quantitative estimate of drug-likeness (QED) is 0.519. The highest BCUT2D eigenvalue weighted by Crippen LogP contribution is 2.08. The van der Waals surface area contributed by atoms with E-state index in [-0.39, 0.29) is 0 Å². The molecule has 12 heavy (non-hydrogen) atoms. The molecule has 0 fully saturated rings. The van der Waals surface area contributed by atoms with Gasteiger partial charge in [-0.15, -0.1) is 0 Å². The summed E-state index contributed by atoms with van der Waals surface area (Å²) in [5.41, 5.74) is 1.34. The van der Waals surface area contributed by atoms with Crippen molar-refractivity contribution < 1.29 is 0 Å². The summed E-state index contributed by atoms with van der Waals surface area (Å²) in [6.45, 7) is 12.3. The third-order valence-electron chi connectivity index (χ3n) is 2.10. The summed E-state index contributed by atoms with van der Waals surface area (Å²) in [5, 5.41) is 0. The van der Waals surface area contributed by atoms with Crippen LogP contribution in [0.3, 0.4) is 0 Å². The van der Waals surface area contributed by atoms with Gasteiger partial charge in [0.1, 0.15) is 0 Å². The van der Waals surface area contributed by atoms with Crippen molar-refractivity contribution in [3.05, 3.63) is 31.2 Å². The van der Waals surface area contributed by atoms with E-state index in [1.165, 1.54) is 5.57 Å². The van der Waals surface area contributed by atoms with Crippen molar-refractivity contribution in [2.75, 3.05) is 0 Å². The van der Waals surface area contributed by atoms with Crippen LogP contribution in [-0.4, -0.2) is 0 Å². The van der Waals surface area contributed by atoms with E-state index >= 15 is 0 Å². The molecule has 0 aliphatic rings. The first-order valence-electron chi connectivity index (χ1n) is 4.87. The molecule has 0 nitrogen and oxygen atoms in total. The van der Waals surface area contributed by atoms with Crippen LogP contribution in [0.2, 0.25) is 0 Å². The van der Waals surface area contributed by atoms with Gasteiger partial charge in [-0.05, 0) is 38.5 Å². The topological polar surface area (TPSA) is 0 Å². The molecular weight excluding hydrogens is 144 g/mol. The molecular formula is C12H21. The van der Waals surface area contributed by atoms with Crippen molar-refractivity contribution in [3.63, 3.8) is 0 Å². The summed E-state index contributed by atoms with van der Waals surface area (Å²) in [7, 11) is 0. The highest BCUT2D eigenvalue weighted by molar-refractivity contribution is 4.97. The molecule has 0 heteroatoms. The van der Waals surface area contributed by atoms with Gasteiger partial charge < -0.3 is 0 Å². The van der Waals surface area contributed by atoms with Gasteiger partial charge in [0.25, 0.3) is 0 Å². The number of hydrogen-bond donors (Lipinski definition) is 0. The van der Waals surface area contributed by atoms with Crippen LogP contribution in [0, 0.1) is 12.8 Å². The van der Waals surface area contributed by atoms with Crippen LogP contribution in [0.15, 0.2) is 24.3 Å². The molecule has 0 saturated heterocycles. The number of rotatable bonds is 6. The lowest BCUT2D eigenvalue weighted by atomic mass is 10.1. The summed E-state index contributed by atoms with van der Waals surface area (Å²) in [5.74, 6) is 0.486. The van der Waals surface area contributed by atoms with E-state index in [1.807, 2.05) is 0 Å². The zero-order valence-electron chi connectivity index (χ0n) is 8.47. The molecule has 0 rings (SSSR count). The van der Waals surface area contributed by atoms with E-state index in [4.69, 9.17) is 0 Å². The van der Waals surface area contributed by atoms with E-state index < -0.39 is 0 Å². The van der Waals surface area contributed by atoms with Crippen molar-refractivity contribution in [1.82, 2.24) is 0 Å². The van der Waals surface area contributed by atoms with E-state index in [0.717, 1.165) is 25.7 Å². The second-order valence-electron chi connectivity index (χ2n) is 3.24. The molecule has 0 aromatic rings. The predicted octanol–water partition coefficient (Wildman–Crippen LogP) is 4.15. The van der Waals surface area contributed by atoms with Crippen LogP contribution in [0.4, 0.5) is 0 Å². The predicted molar refractivity (Wildman–Crippen MR) is 56.9 cm³/mol. The van der Waals surface area contributed by atoms with Gasteiger partial charge in [0.2, 0.25) is 0 Å². The molecule has 1 atom stereocenters. The minimum atomic E-state index is 0.486. The second-order valence-corrected chi connectivity index (χ2v) is 3.24. The molecule has 0 amide bonds. The van der Waals surface area contributed by atoms with Gasteiger partial charge in [-0.2, -0.15) is 0 Å². The average Bonchev–Trinajstić information content (AvgIpc) is 2.11. The lowest BCUT2D eigenvalue weighted by Gasteiger charge is -2.00. The first kappa shape index (κ1) is 11.5. The van der Waals surface area contributed by atoms with Crippen LogP contribution < -0.4 is 0 Å². The molecule has 1 radical (unpaired) electrons. The summed E-state index contributed by atoms with van der Waals surface area (Å²) in [6.07, 6.45) is 8.91. The van der Waals surface area contributed by atoms with Crippen molar-refractivity contribution >= 4 is 0 Å². The third kappa shape index (κ3) is 6.21. The van der Waals surface area contributed by atoms with Crippen LogP contribution in [-0.2, 0) is 0 Å². The fourth-order valence-electron chi connectivity index (χ4n) is 0.889. The maximum absolute atomic E-state index is 3.98. The fourth-order valence-corrected chi connectivity index (χ4v) is 0.889. The van der Waals surface area contributed by atoms with Crippen LogP contribution in [0.25, 0.3) is 0 Å². The zero-order valence-corrected chi connectivity index (χ0v) is 8.47. The van der Waals surface area contributed by atoms with Gasteiger partial charge in [0.05, 0.1) is 0 Å². The lowest BCUT2D eigenvalue weighted by Crippen LogP contribution is -1.85. The maximum atomic E-state index is 3.98. The molecule has 0 aliphatic heterocycles. The van der Waals surface area contributed by atoms with E-state index in [2.05, 4.69) is 39.5 Å². The second kappa shape index (κ2) is 7.15. The summed E-state index contributed by atoms with van der Waals surface area (Å²) >= 11 is 0. The summed E-state index contributed by atoms with van der Waals surface area (Å²) < 4.78 is 0. The largest absolute Gasteiger partial charge is 0.0999 e. The maximum Gasteiger partial charge on any atom is -0.0236 e. The summed E-state index contributed by atoms with van der Waals surface area (Å²) in [4.78, 5) is 0. The average molecular weight is 165 g/mol. The lowest BCUT2D eigenvalue weighted by molar-refractivity contribution is 0.763. The first-order valence-corrected chi connectivity index (χ1v) is 4.87. The molecule has 0 aromatic carbocycles. The minimum absolute atomic E-state index is 0.486. The van der Waals surface area contributed by atoms with Gasteiger partial charge in [-0.25, -0.2) is 0 Å². The smallest absolute Gasteiger partial charge is 0.0236 e. The van der Waals surface area contributed by atoms with E-state index in [0.29, 0.717) is 5.92 Å². The number of allylic oxidation sites excluding steroid dienone is 3. The van der Waals surface area contributed by atoms with Gasteiger partial charge in [0.15, 0.2) is 0 Å². The van der Waals surface area contributed by atoms with Gasteiger partial charge in [-0.3, -0.25) is 0 Å².